The second-order valence-electron chi connectivity index (χ2n) is 6.16. The van der Waals surface area contributed by atoms with Crippen molar-refractivity contribution in [1.82, 2.24) is 14.4 Å². The van der Waals surface area contributed by atoms with Gasteiger partial charge in [-0.1, -0.05) is 23.7 Å². The van der Waals surface area contributed by atoms with Crippen molar-refractivity contribution in [2.24, 2.45) is 0 Å². The van der Waals surface area contributed by atoms with Crippen LogP contribution in [0.15, 0.2) is 36.4 Å². The van der Waals surface area contributed by atoms with Crippen molar-refractivity contribution >= 4 is 17.5 Å². The summed E-state index contributed by atoms with van der Waals surface area (Å²) in [5.74, 6) is 0.00949. The van der Waals surface area contributed by atoms with Gasteiger partial charge in [-0.3, -0.25) is 9.69 Å². The topological polar surface area (TPSA) is 48.7 Å². The van der Waals surface area contributed by atoms with Crippen LogP contribution >= 0.6 is 11.6 Å². The Morgan fingerprint density at radius 3 is 2.61 bits per heavy atom. The van der Waals surface area contributed by atoms with E-state index in [1.165, 1.54) is 0 Å². The third-order valence-corrected chi connectivity index (χ3v) is 5.37. The van der Waals surface area contributed by atoms with Crippen molar-refractivity contribution in [3.8, 4) is 0 Å². The zero-order valence-corrected chi connectivity index (χ0v) is 13.6. The molecule has 1 saturated heterocycles. The van der Waals surface area contributed by atoms with Crippen molar-refractivity contribution in [2.75, 3.05) is 20.1 Å². The summed E-state index contributed by atoms with van der Waals surface area (Å²) in [5, 5.41) is 10.3. The number of likely N-dealkylation sites (N-methyl/N-ethyl adjacent to an activating group) is 1. The Kier molecular flexibility index (Phi) is 3.27. The van der Waals surface area contributed by atoms with Crippen LogP contribution in [0.25, 0.3) is 0 Å². The second-order valence-corrected chi connectivity index (χ2v) is 6.59. The number of carbonyl (C=O) groups is 1. The third-order valence-electron chi connectivity index (χ3n) is 5.12. The van der Waals surface area contributed by atoms with Crippen LogP contribution in [0, 0.1) is 0 Å². The molecule has 1 amide bonds. The van der Waals surface area contributed by atoms with Crippen molar-refractivity contribution in [1.29, 1.82) is 0 Å². The molecule has 5 nitrogen and oxygen atoms in total. The molecular formula is C17H18ClN3O2. The molecule has 0 spiro atoms. The molecule has 1 unspecified atom stereocenters. The molecule has 0 saturated carbocycles. The maximum Gasteiger partial charge on any atom is 0.272 e. The number of halogens is 1. The first-order chi connectivity index (χ1) is 11.1. The number of hydrogen-bond donors (Lipinski definition) is 1. The molecule has 1 fully saturated rings. The molecule has 0 radical (unpaired) electrons. The van der Waals surface area contributed by atoms with E-state index in [1.807, 2.05) is 46.8 Å². The fourth-order valence-corrected chi connectivity index (χ4v) is 3.99. The van der Waals surface area contributed by atoms with Gasteiger partial charge in [0.1, 0.15) is 11.4 Å². The van der Waals surface area contributed by atoms with Crippen LogP contribution in [-0.2, 0) is 18.8 Å². The van der Waals surface area contributed by atoms with Crippen LogP contribution in [0.4, 0.5) is 0 Å². The third kappa shape index (κ3) is 1.90. The number of aliphatic hydroxyl groups excluding tert-OH is 1. The van der Waals surface area contributed by atoms with Gasteiger partial charge in [-0.15, -0.1) is 0 Å². The summed E-state index contributed by atoms with van der Waals surface area (Å²) < 4.78 is 1.94. The normalized spacial score (nSPS) is 24.0. The van der Waals surface area contributed by atoms with Crippen LogP contribution < -0.4 is 0 Å². The highest BCUT2D eigenvalue weighted by Crippen LogP contribution is 2.42. The largest absolute Gasteiger partial charge is 0.390 e. The lowest BCUT2D eigenvalue weighted by Gasteiger charge is -2.46. The fourth-order valence-electron chi connectivity index (χ4n) is 3.87. The molecule has 3 heterocycles. The fraction of sp³-hybridized carbons (Fsp3) is 0.353. The van der Waals surface area contributed by atoms with E-state index in [-0.39, 0.29) is 12.5 Å². The van der Waals surface area contributed by atoms with Gasteiger partial charge in [0, 0.05) is 23.8 Å². The van der Waals surface area contributed by atoms with Gasteiger partial charge < -0.3 is 14.6 Å². The van der Waals surface area contributed by atoms with E-state index in [0.29, 0.717) is 23.8 Å². The number of aromatic nitrogens is 1. The van der Waals surface area contributed by atoms with E-state index < -0.39 is 5.66 Å². The SMILES string of the molecule is CN1CCN2C(=O)c3ccc(CO)n3CC12c1ccc(Cl)cc1. The van der Waals surface area contributed by atoms with Gasteiger partial charge in [0.05, 0.1) is 13.2 Å². The Bertz CT molecular complexity index is 771. The minimum absolute atomic E-state index is 0.00949. The summed E-state index contributed by atoms with van der Waals surface area (Å²) in [5.41, 5.74) is 1.92. The summed E-state index contributed by atoms with van der Waals surface area (Å²) in [7, 11) is 2.04. The molecule has 1 N–H and O–H groups in total. The zero-order chi connectivity index (χ0) is 16.2. The van der Waals surface area contributed by atoms with E-state index in [2.05, 4.69) is 4.90 Å². The van der Waals surface area contributed by atoms with E-state index in [9.17, 15) is 9.90 Å². The van der Waals surface area contributed by atoms with Gasteiger partial charge in [0.15, 0.2) is 0 Å². The predicted octanol–water partition coefficient (Wildman–Crippen LogP) is 1.89. The first kappa shape index (κ1) is 14.8. The number of hydrogen-bond acceptors (Lipinski definition) is 3. The summed E-state index contributed by atoms with van der Waals surface area (Å²) in [4.78, 5) is 17.1. The quantitative estimate of drug-likeness (QED) is 0.914. The maximum absolute atomic E-state index is 13.0. The van der Waals surface area contributed by atoms with E-state index in [4.69, 9.17) is 11.6 Å². The molecule has 0 aliphatic carbocycles. The van der Waals surface area contributed by atoms with Crippen molar-refractivity contribution < 1.29 is 9.90 Å². The number of amides is 1. The van der Waals surface area contributed by atoms with Crippen molar-refractivity contribution in [2.45, 2.75) is 18.8 Å². The molecule has 120 valence electrons. The van der Waals surface area contributed by atoms with Crippen LogP contribution in [-0.4, -0.2) is 45.5 Å². The number of rotatable bonds is 2. The molecule has 2 aliphatic rings. The average Bonchev–Trinajstić information content (AvgIpc) is 3.11. The van der Waals surface area contributed by atoms with E-state index in [0.717, 1.165) is 17.8 Å². The number of nitrogens with zero attached hydrogens (tertiary/aromatic N) is 3. The first-order valence-electron chi connectivity index (χ1n) is 7.66. The number of benzene rings is 1. The van der Waals surface area contributed by atoms with Gasteiger partial charge >= 0.3 is 0 Å². The lowest BCUT2D eigenvalue weighted by molar-refractivity contribution is -0.00248. The highest BCUT2D eigenvalue weighted by molar-refractivity contribution is 6.30. The van der Waals surface area contributed by atoms with E-state index in [1.54, 1.807) is 6.07 Å². The van der Waals surface area contributed by atoms with Gasteiger partial charge in [-0.25, -0.2) is 0 Å². The molecule has 23 heavy (non-hydrogen) atoms. The van der Waals surface area contributed by atoms with Gasteiger partial charge in [-0.2, -0.15) is 0 Å². The highest BCUT2D eigenvalue weighted by Gasteiger charge is 2.53. The first-order valence-corrected chi connectivity index (χ1v) is 8.04. The summed E-state index contributed by atoms with van der Waals surface area (Å²) in [6.07, 6.45) is 0. The molecular weight excluding hydrogens is 314 g/mol. The van der Waals surface area contributed by atoms with Crippen LogP contribution in [0.1, 0.15) is 21.7 Å². The Balaban J connectivity index is 1.91. The lowest BCUT2D eigenvalue weighted by Crippen LogP contribution is -2.58. The Labute approximate surface area is 139 Å². The van der Waals surface area contributed by atoms with Gasteiger partial charge in [-0.05, 0) is 36.9 Å². The molecule has 2 aliphatic heterocycles. The van der Waals surface area contributed by atoms with Crippen molar-refractivity contribution in [3.05, 3.63) is 58.4 Å². The standard InChI is InChI=1S/C17H18ClN3O2/c1-19-8-9-21-16(23)15-7-6-14(10-22)20(15)11-17(19,21)12-2-4-13(18)5-3-12/h2-7,22H,8-11H2,1H3. The number of fused-ring (bicyclic) bond motifs is 2. The summed E-state index contributed by atoms with van der Waals surface area (Å²) in [6.45, 7) is 2.04. The maximum atomic E-state index is 13.0. The molecule has 1 aromatic carbocycles. The molecule has 1 aromatic heterocycles. The average molecular weight is 332 g/mol. The lowest BCUT2D eigenvalue weighted by atomic mass is 9.94. The van der Waals surface area contributed by atoms with Crippen LogP contribution in [0.2, 0.25) is 5.02 Å². The summed E-state index contributed by atoms with van der Waals surface area (Å²) in [6, 6.07) is 11.3. The predicted molar refractivity (Wildman–Crippen MR) is 87.2 cm³/mol. The molecule has 0 bridgehead atoms. The minimum atomic E-state index is -0.530. The number of carbonyl (C=O) groups excluding carboxylic acids is 1. The zero-order valence-electron chi connectivity index (χ0n) is 12.9. The molecule has 4 rings (SSSR count). The minimum Gasteiger partial charge on any atom is -0.390 e. The van der Waals surface area contributed by atoms with Gasteiger partial charge in [0.2, 0.25) is 0 Å². The van der Waals surface area contributed by atoms with Crippen molar-refractivity contribution in [3.63, 3.8) is 0 Å². The highest BCUT2D eigenvalue weighted by atomic mass is 35.5. The Morgan fingerprint density at radius 1 is 1.17 bits per heavy atom. The van der Waals surface area contributed by atoms with Gasteiger partial charge in [0.25, 0.3) is 5.91 Å². The van der Waals surface area contributed by atoms with Crippen LogP contribution in [0.3, 0.4) is 0 Å². The smallest absolute Gasteiger partial charge is 0.272 e. The van der Waals surface area contributed by atoms with E-state index >= 15 is 0 Å². The monoisotopic (exact) mass is 331 g/mol. The number of aliphatic hydroxyl groups is 1. The molecule has 1 atom stereocenters. The Hall–Kier alpha value is -1.82. The second kappa shape index (κ2) is 5.09. The molecule has 6 heteroatoms. The van der Waals surface area contributed by atoms with Crippen LogP contribution in [0.5, 0.6) is 0 Å². The molecule has 2 aromatic rings. The Morgan fingerprint density at radius 2 is 1.91 bits per heavy atom. The summed E-state index contributed by atoms with van der Waals surface area (Å²) >= 11 is 6.04.